The summed E-state index contributed by atoms with van der Waals surface area (Å²) >= 11 is 12.3. The first-order valence-electron chi connectivity index (χ1n) is 7.28. The zero-order chi connectivity index (χ0) is 15.4. The largest absolute Gasteiger partial charge is 0.371 e. The number of nitrogens with one attached hydrogen (secondary N) is 1. The van der Waals surface area contributed by atoms with Crippen molar-refractivity contribution in [3.8, 4) is 0 Å². The predicted octanol–water partition coefficient (Wildman–Crippen LogP) is 4.82. The molecule has 1 fully saturated rings. The van der Waals surface area contributed by atoms with Crippen LogP contribution in [0.3, 0.4) is 0 Å². The van der Waals surface area contributed by atoms with E-state index in [1.54, 1.807) is 0 Å². The van der Waals surface area contributed by atoms with Crippen molar-refractivity contribution in [3.63, 3.8) is 0 Å². The van der Waals surface area contributed by atoms with Gasteiger partial charge in [0.05, 0.1) is 12.7 Å². The van der Waals surface area contributed by atoms with Gasteiger partial charge in [0, 0.05) is 28.7 Å². The molecule has 2 nitrogen and oxygen atoms in total. The molecule has 0 radical (unpaired) electrons. The average Bonchev–Trinajstić information content (AvgIpc) is 2.56. The summed E-state index contributed by atoms with van der Waals surface area (Å²) in [7, 11) is 0. The zero-order valence-corrected chi connectivity index (χ0v) is 13.6. The lowest BCUT2D eigenvalue weighted by Crippen LogP contribution is -2.33. The minimum atomic E-state index is 0.143. The smallest absolute Gasteiger partial charge is 0.0949 e. The summed E-state index contributed by atoms with van der Waals surface area (Å²) in [5.41, 5.74) is 3.14. The predicted molar refractivity (Wildman–Crippen MR) is 93.4 cm³/mol. The molecule has 2 aromatic rings. The van der Waals surface area contributed by atoms with Gasteiger partial charge in [-0.15, -0.1) is 0 Å². The van der Waals surface area contributed by atoms with Gasteiger partial charge in [-0.1, -0.05) is 65.7 Å². The van der Waals surface area contributed by atoms with Crippen LogP contribution in [0.4, 0.5) is 0 Å². The topological polar surface area (TPSA) is 21.3 Å². The fourth-order valence-electron chi connectivity index (χ4n) is 2.45. The summed E-state index contributed by atoms with van der Waals surface area (Å²) in [6.07, 6.45) is 4.10. The molecule has 1 N–H and O–H groups in total. The fraction of sp³-hybridized carbons (Fsp3) is 0.222. The molecule has 1 aliphatic heterocycles. The van der Waals surface area contributed by atoms with Gasteiger partial charge in [0.25, 0.3) is 0 Å². The third-order valence-electron chi connectivity index (χ3n) is 3.68. The van der Waals surface area contributed by atoms with Gasteiger partial charge < -0.3 is 10.1 Å². The molecular weight excluding hydrogens is 317 g/mol. The van der Waals surface area contributed by atoms with Crippen molar-refractivity contribution in [2.45, 2.75) is 6.10 Å². The quantitative estimate of drug-likeness (QED) is 0.812. The standard InChI is InChI=1S/C18H17Cl2NO/c19-16-2-1-3-17(20)15(16)9-6-13-4-7-14(8-5-13)18-12-21-10-11-22-18/h1-9,18,21H,10-12H2/b9-6+/t18-/m0/s1. The number of benzene rings is 2. The first-order valence-corrected chi connectivity index (χ1v) is 8.04. The third kappa shape index (κ3) is 3.71. The lowest BCUT2D eigenvalue weighted by atomic mass is 10.1. The normalized spacial score (nSPS) is 18.7. The van der Waals surface area contributed by atoms with Crippen LogP contribution in [0.1, 0.15) is 22.8 Å². The Morgan fingerprint density at radius 1 is 1.00 bits per heavy atom. The van der Waals surface area contributed by atoms with E-state index >= 15 is 0 Å². The molecule has 0 unspecified atom stereocenters. The molecule has 0 amide bonds. The zero-order valence-electron chi connectivity index (χ0n) is 12.1. The van der Waals surface area contributed by atoms with Gasteiger partial charge in [0.1, 0.15) is 0 Å². The Kier molecular flexibility index (Phi) is 5.16. The van der Waals surface area contributed by atoms with Crippen molar-refractivity contribution in [2.24, 2.45) is 0 Å². The van der Waals surface area contributed by atoms with E-state index < -0.39 is 0 Å². The molecule has 3 rings (SSSR count). The van der Waals surface area contributed by atoms with Gasteiger partial charge in [-0.2, -0.15) is 0 Å². The summed E-state index contributed by atoms with van der Waals surface area (Å²) < 4.78 is 5.75. The van der Waals surface area contributed by atoms with Crippen molar-refractivity contribution >= 4 is 35.4 Å². The van der Waals surface area contributed by atoms with Crippen LogP contribution in [0.2, 0.25) is 10.0 Å². The van der Waals surface area contributed by atoms with E-state index in [0.717, 1.165) is 30.8 Å². The van der Waals surface area contributed by atoms with Crippen LogP contribution in [0.15, 0.2) is 42.5 Å². The maximum Gasteiger partial charge on any atom is 0.0949 e. The molecule has 22 heavy (non-hydrogen) atoms. The first-order chi connectivity index (χ1) is 10.7. The molecule has 2 aromatic carbocycles. The Bertz CT molecular complexity index is 641. The van der Waals surface area contributed by atoms with E-state index in [0.29, 0.717) is 10.0 Å². The van der Waals surface area contributed by atoms with Crippen molar-refractivity contribution in [3.05, 3.63) is 69.2 Å². The first kappa shape index (κ1) is 15.6. The molecule has 0 aliphatic carbocycles. The van der Waals surface area contributed by atoms with Crippen LogP contribution in [0, 0.1) is 0 Å². The number of halogens is 2. The van der Waals surface area contributed by atoms with Gasteiger partial charge in [-0.25, -0.2) is 0 Å². The van der Waals surface area contributed by atoms with Crippen LogP contribution < -0.4 is 5.32 Å². The minimum absolute atomic E-state index is 0.143. The molecule has 0 spiro atoms. The highest BCUT2D eigenvalue weighted by Gasteiger charge is 2.14. The molecule has 0 bridgehead atoms. The van der Waals surface area contributed by atoms with Crippen LogP contribution in [-0.4, -0.2) is 19.7 Å². The monoisotopic (exact) mass is 333 g/mol. The molecule has 1 aliphatic rings. The SMILES string of the molecule is Clc1cccc(Cl)c1/C=C/c1ccc([C@@H]2CNCCO2)cc1. The second kappa shape index (κ2) is 7.30. The van der Waals surface area contributed by atoms with Gasteiger partial charge in [0.2, 0.25) is 0 Å². The van der Waals surface area contributed by atoms with E-state index in [4.69, 9.17) is 27.9 Å². The Hall–Kier alpha value is -1.32. The molecule has 1 saturated heterocycles. The second-order valence-corrected chi connectivity index (χ2v) is 6.01. The second-order valence-electron chi connectivity index (χ2n) is 5.20. The highest BCUT2D eigenvalue weighted by Crippen LogP contribution is 2.26. The minimum Gasteiger partial charge on any atom is -0.371 e. The van der Waals surface area contributed by atoms with Crippen LogP contribution in [-0.2, 0) is 4.74 Å². The molecule has 1 heterocycles. The van der Waals surface area contributed by atoms with Gasteiger partial charge >= 0.3 is 0 Å². The number of hydrogen-bond acceptors (Lipinski definition) is 2. The van der Waals surface area contributed by atoms with Crippen molar-refractivity contribution < 1.29 is 4.74 Å². The molecule has 0 saturated carbocycles. The molecule has 1 atom stereocenters. The van der Waals surface area contributed by atoms with Crippen molar-refractivity contribution in [2.75, 3.05) is 19.7 Å². The number of morpholine rings is 1. The van der Waals surface area contributed by atoms with E-state index in [9.17, 15) is 0 Å². The van der Waals surface area contributed by atoms with E-state index in [2.05, 4.69) is 29.6 Å². The Morgan fingerprint density at radius 3 is 2.36 bits per heavy atom. The third-order valence-corrected chi connectivity index (χ3v) is 4.34. The van der Waals surface area contributed by atoms with E-state index in [-0.39, 0.29) is 6.10 Å². The molecule has 0 aromatic heterocycles. The summed E-state index contributed by atoms with van der Waals surface area (Å²) in [5, 5.41) is 4.65. The van der Waals surface area contributed by atoms with Crippen molar-refractivity contribution in [1.29, 1.82) is 0 Å². The molecule has 4 heteroatoms. The van der Waals surface area contributed by atoms with Crippen LogP contribution >= 0.6 is 23.2 Å². The Balaban J connectivity index is 1.74. The van der Waals surface area contributed by atoms with E-state index in [1.807, 2.05) is 30.4 Å². The summed E-state index contributed by atoms with van der Waals surface area (Å²) in [5.74, 6) is 0. The van der Waals surface area contributed by atoms with Crippen LogP contribution in [0.25, 0.3) is 12.2 Å². The number of ether oxygens (including phenoxy) is 1. The molecular formula is C18H17Cl2NO. The fourth-order valence-corrected chi connectivity index (χ4v) is 2.97. The highest BCUT2D eigenvalue weighted by atomic mass is 35.5. The maximum absolute atomic E-state index is 6.16. The lowest BCUT2D eigenvalue weighted by molar-refractivity contribution is 0.0277. The highest BCUT2D eigenvalue weighted by molar-refractivity contribution is 6.37. The Labute approximate surface area is 140 Å². The van der Waals surface area contributed by atoms with Crippen molar-refractivity contribution in [1.82, 2.24) is 5.32 Å². The Morgan fingerprint density at radius 2 is 1.73 bits per heavy atom. The molecule has 114 valence electrons. The van der Waals surface area contributed by atoms with Gasteiger partial charge in [-0.3, -0.25) is 0 Å². The maximum atomic E-state index is 6.16. The summed E-state index contributed by atoms with van der Waals surface area (Å²) in [4.78, 5) is 0. The summed E-state index contributed by atoms with van der Waals surface area (Å²) in [6, 6.07) is 13.9. The summed E-state index contributed by atoms with van der Waals surface area (Å²) in [6.45, 7) is 2.55. The van der Waals surface area contributed by atoms with Gasteiger partial charge in [-0.05, 0) is 23.3 Å². The number of hydrogen-bond donors (Lipinski definition) is 1. The van der Waals surface area contributed by atoms with Crippen LogP contribution in [0.5, 0.6) is 0 Å². The number of rotatable bonds is 3. The van der Waals surface area contributed by atoms with E-state index in [1.165, 1.54) is 5.56 Å². The average molecular weight is 334 g/mol. The van der Waals surface area contributed by atoms with Gasteiger partial charge in [0.15, 0.2) is 0 Å². The lowest BCUT2D eigenvalue weighted by Gasteiger charge is -2.23.